The van der Waals surface area contributed by atoms with E-state index in [1.165, 1.54) is 0 Å². The molecular formula is C22H38O8. The normalized spacial score (nSPS) is 15.5. The van der Waals surface area contributed by atoms with Gasteiger partial charge in [0, 0.05) is 0 Å². The summed E-state index contributed by atoms with van der Waals surface area (Å²) in [6, 6.07) is 0. The van der Waals surface area contributed by atoms with E-state index in [0.29, 0.717) is 37.5 Å². The molecule has 0 amide bonds. The smallest absolute Gasteiger partial charge is 0.311 e. The van der Waals surface area contributed by atoms with Crippen molar-refractivity contribution >= 4 is 23.9 Å². The van der Waals surface area contributed by atoms with Gasteiger partial charge in [0.05, 0.1) is 23.7 Å². The first-order valence-electron chi connectivity index (χ1n) is 10.7. The predicted octanol–water partition coefficient (Wildman–Crippen LogP) is 4.51. The molecule has 0 aromatic rings. The largest absolute Gasteiger partial charge is 0.481 e. The van der Waals surface area contributed by atoms with Crippen molar-refractivity contribution in [2.24, 2.45) is 22.7 Å². The van der Waals surface area contributed by atoms with Crippen molar-refractivity contribution in [1.29, 1.82) is 0 Å². The highest BCUT2D eigenvalue weighted by Crippen LogP contribution is 2.53. The molecule has 2 atom stereocenters. The van der Waals surface area contributed by atoms with Gasteiger partial charge in [0.2, 0.25) is 0 Å². The number of aliphatic carboxylic acids is 4. The Balaban J connectivity index is 6.23. The number of carbonyl (C=O) groups is 4. The second-order valence-corrected chi connectivity index (χ2v) is 9.19. The molecule has 0 aliphatic carbocycles. The van der Waals surface area contributed by atoms with Crippen LogP contribution in [0.15, 0.2) is 0 Å². The van der Waals surface area contributed by atoms with Gasteiger partial charge < -0.3 is 20.4 Å². The van der Waals surface area contributed by atoms with Crippen LogP contribution in [0, 0.1) is 22.7 Å². The summed E-state index contributed by atoms with van der Waals surface area (Å²) in [4.78, 5) is 48.1. The first-order valence-corrected chi connectivity index (χ1v) is 10.7. The molecule has 8 heteroatoms. The Kier molecular flexibility index (Phi) is 11.7. The Bertz CT molecular complexity index is 546. The number of rotatable bonds is 17. The third-order valence-corrected chi connectivity index (χ3v) is 5.91. The molecule has 0 spiro atoms. The van der Waals surface area contributed by atoms with Gasteiger partial charge in [-0.2, -0.15) is 0 Å². The summed E-state index contributed by atoms with van der Waals surface area (Å²) in [5.41, 5.74) is -4.39. The van der Waals surface area contributed by atoms with Crippen molar-refractivity contribution in [3.8, 4) is 0 Å². The number of carboxylic acids is 4. The van der Waals surface area contributed by atoms with Crippen LogP contribution in [0.4, 0.5) is 0 Å². The minimum atomic E-state index is -2.20. The maximum Gasteiger partial charge on any atom is 0.311 e. The first-order chi connectivity index (χ1) is 13.8. The van der Waals surface area contributed by atoms with Crippen LogP contribution in [0.3, 0.4) is 0 Å². The summed E-state index contributed by atoms with van der Waals surface area (Å²) >= 11 is 0. The molecule has 30 heavy (non-hydrogen) atoms. The molecule has 0 aliphatic rings. The summed E-state index contributed by atoms with van der Waals surface area (Å²) in [5, 5.41) is 39.1. The molecule has 0 saturated carbocycles. The van der Waals surface area contributed by atoms with Gasteiger partial charge in [-0.25, -0.2) is 0 Å². The molecule has 0 heterocycles. The molecule has 0 aromatic carbocycles. The van der Waals surface area contributed by atoms with Crippen LogP contribution in [-0.2, 0) is 19.2 Å². The van der Waals surface area contributed by atoms with E-state index >= 15 is 0 Å². The van der Waals surface area contributed by atoms with Gasteiger partial charge in [-0.1, -0.05) is 66.2 Å². The molecular weight excluding hydrogens is 392 g/mol. The SMILES string of the molecule is CC(C)CCCCC(CC(=O)O)(C(=O)O)C(CCCCC(C)C)(CC(=O)O)C(=O)O. The van der Waals surface area contributed by atoms with Crippen LogP contribution in [0.5, 0.6) is 0 Å². The van der Waals surface area contributed by atoms with Crippen molar-refractivity contribution in [3.05, 3.63) is 0 Å². The van der Waals surface area contributed by atoms with E-state index < -0.39 is 47.5 Å². The first kappa shape index (κ1) is 27.9. The Morgan fingerprint density at radius 3 is 1.10 bits per heavy atom. The topological polar surface area (TPSA) is 149 Å². The van der Waals surface area contributed by atoms with Gasteiger partial charge in [0.1, 0.15) is 0 Å². The van der Waals surface area contributed by atoms with Gasteiger partial charge in [0.25, 0.3) is 0 Å². The lowest BCUT2D eigenvalue weighted by Gasteiger charge is -2.44. The zero-order valence-corrected chi connectivity index (χ0v) is 18.6. The Labute approximate surface area is 178 Å². The molecule has 0 aliphatic heterocycles. The second-order valence-electron chi connectivity index (χ2n) is 9.19. The van der Waals surface area contributed by atoms with Crippen molar-refractivity contribution in [2.75, 3.05) is 0 Å². The van der Waals surface area contributed by atoms with E-state index in [1.807, 2.05) is 27.7 Å². The molecule has 0 fully saturated rings. The lowest BCUT2D eigenvalue weighted by Crippen LogP contribution is -2.55. The average Bonchev–Trinajstić information content (AvgIpc) is 2.58. The predicted molar refractivity (Wildman–Crippen MR) is 111 cm³/mol. The highest BCUT2D eigenvalue weighted by atomic mass is 16.4. The fraction of sp³-hybridized carbons (Fsp3) is 0.818. The van der Waals surface area contributed by atoms with Crippen LogP contribution in [0.25, 0.3) is 0 Å². The van der Waals surface area contributed by atoms with Gasteiger partial charge in [-0.15, -0.1) is 0 Å². The summed E-state index contributed by atoms with van der Waals surface area (Å²) < 4.78 is 0. The summed E-state index contributed by atoms with van der Waals surface area (Å²) in [5.74, 6) is -5.27. The maximum atomic E-state index is 12.4. The van der Waals surface area contributed by atoms with Crippen LogP contribution < -0.4 is 0 Å². The van der Waals surface area contributed by atoms with Gasteiger partial charge in [0.15, 0.2) is 0 Å². The fourth-order valence-electron chi connectivity index (χ4n) is 4.24. The van der Waals surface area contributed by atoms with E-state index in [9.17, 15) is 39.6 Å². The van der Waals surface area contributed by atoms with E-state index in [2.05, 4.69) is 0 Å². The van der Waals surface area contributed by atoms with Crippen molar-refractivity contribution < 1.29 is 39.6 Å². The average molecular weight is 431 g/mol. The van der Waals surface area contributed by atoms with Gasteiger partial charge in [-0.3, -0.25) is 19.2 Å². The highest BCUT2D eigenvalue weighted by Gasteiger charge is 2.62. The third-order valence-electron chi connectivity index (χ3n) is 5.91. The molecule has 4 N–H and O–H groups in total. The van der Waals surface area contributed by atoms with E-state index in [1.54, 1.807) is 0 Å². The van der Waals surface area contributed by atoms with E-state index in [4.69, 9.17) is 0 Å². The molecule has 0 bridgehead atoms. The monoisotopic (exact) mass is 430 g/mol. The molecule has 8 nitrogen and oxygen atoms in total. The van der Waals surface area contributed by atoms with E-state index in [0.717, 1.165) is 12.8 Å². The molecule has 2 unspecified atom stereocenters. The van der Waals surface area contributed by atoms with Crippen LogP contribution in [-0.4, -0.2) is 44.3 Å². The summed E-state index contributed by atoms with van der Waals surface area (Å²) in [7, 11) is 0. The lowest BCUT2D eigenvalue weighted by atomic mass is 9.55. The number of hydrogen-bond donors (Lipinski definition) is 4. The molecule has 0 aromatic heterocycles. The number of hydrogen-bond acceptors (Lipinski definition) is 4. The maximum absolute atomic E-state index is 12.4. The minimum absolute atomic E-state index is 0.189. The zero-order chi connectivity index (χ0) is 23.5. The van der Waals surface area contributed by atoms with Crippen molar-refractivity contribution in [3.63, 3.8) is 0 Å². The third kappa shape index (κ3) is 7.95. The Morgan fingerprint density at radius 2 is 0.900 bits per heavy atom. The molecule has 174 valence electrons. The van der Waals surface area contributed by atoms with Crippen LogP contribution >= 0.6 is 0 Å². The van der Waals surface area contributed by atoms with Crippen LogP contribution in [0.1, 0.15) is 91.9 Å². The van der Waals surface area contributed by atoms with Gasteiger partial charge >= 0.3 is 23.9 Å². The van der Waals surface area contributed by atoms with Crippen molar-refractivity contribution in [1.82, 2.24) is 0 Å². The summed E-state index contributed by atoms with van der Waals surface area (Å²) in [6.07, 6.45) is 1.21. The lowest BCUT2D eigenvalue weighted by molar-refractivity contribution is -0.184. The quantitative estimate of drug-likeness (QED) is 0.246. The Hall–Kier alpha value is -2.12. The molecule has 0 rings (SSSR count). The number of carboxylic acid groups (broad SMARTS) is 4. The van der Waals surface area contributed by atoms with E-state index in [-0.39, 0.29) is 12.8 Å². The van der Waals surface area contributed by atoms with Crippen molar-refractivity contribution in [2.45, 2.75) is 91.9 Å². The molecule has 0 saturated heterocycles. The standard InChI is InChI=1S/C22H38O8/c1-15(2)9-5-7-11-21(19(27)28,13-17(23)24)22(20(29)30,14-18(25)26)12-8-6-10-16(3)4/h15-16H,5-14H2,1-4H3,(H,23,24)(H,25,26)(H,27,28)(H,29,30). The number of unbranched alkanes of at least 4 members (excludes halogenated alkanes) is 2. The van der Waals surface area contributed by atoms with Crippen LogP contribution in [0.2, 0.25) is 0 Å². The molecule has 0 radical (unpaired) electrons. The minimum Gasteiger partial charge on any atom is -0.481 e. The fourth-order valence-corrected chi connectivity index (χ4v) is 4.24. The Morgan fingerprint density at radius 1 is 0.600 bits per heavy atom. The second kappa shape index (κ2) is 12.5. The zero-order valence-electron chi connectivity index (χ0n) is 18.6. The summed E-state index contributed by atoms with van der Waals surface area (Å²) in [6.45, 7) is 8.01. The van der Waals surface area contributed by atoms with Gasteiger partial charge in [-0.05, 0) is 24.7 Å². The highest BCUT2D eigenvalue weighted by molar-refractivity contribution is 5.92.